The first-order valence-corrected chi connectivity index (χ1v) is 10.3. The highest BCUT2D eigenvalue weighted by atomic mass is 35.5. The number of hydrogen-bond acceptors (Lipinski definition) is 7. The van der Waals surface area contributed by atoms with E-state index in [2.05, 4.69) is 0 Å². The first-order chi connectivity index (χ1) is 15.0. The van der Waals surface area contributed by atoms with E-state index in [1.165, 1.54) is 24.3 Å². The predicted octanol–water partition coefficient (Wildman–Crippen LogP) is 5.37. The normalized spacial score (nSPS) is 9.64. The van der Waals surface area contributed by atoms with Crippen LogP contribution in [-0.2, 0) is 19.1 Å². The number of ketones is 2. The van der Waals surface area contributed by atoms with E-state index in [0.717, 1.165) is 12.8 Å². The number of esters is 2. The molecule has 7 nitrogen and oxygen atoms in total. The lowest BCUT2D eigenvalue weighted by molar-refractivity contribution is -0.138. The maximum Gasteiger partial charge on any atom is 0.379 e. The molecular formula is C24H28Cl2O7. The van der Waals surface area contributed by atoms with Gasteiger partial charge in [-0.15, -0.1) is 24.8 Å². The van der Waals surface area contributed by atoms with Crippen LogP contribution in [0.3, 0.4) is 0 Å². The molecule has 0 atom stereocenters. The molecule has 2 aromatic rings. The van der Waals surface area contributed by atoms with E-state index in [-0.39, 0.29) is 60.7 Å². The largest absolute Gasteiger partial charge is 0.460 e. The average Bonchev–Trinajstić information content (AvgIpc) is 2.79. The summed E-state index contributed by atoms with van der Waals surface area (Å²) in [4.78, 5) is 49.2. The van der Waals surface area contributed by atoms with Crippen molar-refractivity contribution in [3.05, 3.63) is 59.7 Å². The van der Waals surface area contributed by atoms with E-state index >= 15 is 0 Å². The van der Waals surface area contributed by atoms with Gasteiger partial charge >= 0.3 is 11.9 Å². The summed E-state index contributed by atoms with van der Waals surface area (Å²) in [6, 6.07) is 12.3. The van der Waals surface area contributed by atoms with Crippen LogP contribution in [0.1, 0.15) is 60.2 Å². The first kappa shape index (κ1) is 30.1. The van der Waals surface area contributed by atoms with Gasteiger partial charge in [0.1, 0.15) is 11.5 Å². The van der Waals surface area contributed by atoms with Crippen LogP contribution >= 0.6 is 24.8 Å². The van der Waals surface area contributed by atoms with Crippen molar-refractivity contribution in [1.82, 2.24) is 0 Å². The molecule has 0 aliphatic carbocycles. The molecule has 0 amide bonds. The number of hydrogen-bond donors (Lipinski definition) is 0. The van der Waals surface area contributed by atoms with Crippen LogP contribution in [-0.4, -0.2) is 36.7 Å². The van der Waals surface area contributed by atoms with E-state index < -0.39 is 23.5 Å². The minimum atomic E-state index is -0.978. The molecule has 0 aliphatic rings. The number of Topliss-reactive ketones (excluding diaryl/α,β-unsaturated/α-hetero) is 2. The van der Waals surface area contributed by atoms with Gasteiger partial charge in [-0.2, -0.15) is 0 Å². The number of para-hydroxylation sites is 2. The molecule has 0 heterocycles. The molecule has 0 fully saturated rings. The summed E-state index contributed by atoms with van der Waals surface area (Å²) in [6.07, 6.45) is 2.96. The van der Waals surface area contributed by atoms with Gasteiger partial charge in [-0.05, 0) is 37.1 Å². The SMILES string of the molecule is CCCCOC(=O)C(=O)c1ccccc1Oc1ccccc1C(=O)C(=O)OCCCC.Cl.Cl. The molecule has 0 bridgehead atoms. The highest BCUT2D eigenvalue weighted by molar-refractivity contribution is 6.42. The molecule has 33 heavy (non-hydrogen) atoms. The van der Waals surface area contributed by atoms with E-state index in [9.17, 15) is 19.2 Å². The van der Waals surface area contributed by atoms with Gasteiger partial charge < -0.3 is 14.2 Å². The zero-order chi connectivity index (χ0) is 22.6. The van der Waals surface area contributed by atoms with Crippen molar-refractivity contribution in [2.75, 3.05) is 13.2 Å². The molecule has 9 heteroatoms. The van der Waals surface area contributed by atoms with Gasteiger partial charge in [-0.25, -0.2) is 9.59 Å². The summed E-state index contributed by atoms with van der Waals surface area (Å²) in [5, 5.41) is 0. The number of halogens is 2. The van der Waals surface area contributed by atoms with Crippen molar-refractivity contribution < 1.29 is 33.4 Å². The van der Waals surface area contributed by atoms with Crippen molar-refractivity contribution in [3.8, 4) is 11.5 Å². The molecular weight excluding hydrogens is 471 g/mol. The minimum absolute atomic E-state index is 0. The molecule has 0 aliphatic heterocycles. The lowest BCUT2D eigenvalue weighted by Gasteiger charge is -2.13. The number of carbonyl (C=O) groups excluding carboxylic acids is 4. The molecule has 2 rings (SSSR count). The Kier molecular flexibility index (Phi) is 14.4. The Morgan fingerprint density at radius 1 is 0.636 bits per heavy atom. The van der Waals surface area contributed by atoms with Crippen LogP contribution in [0.5, 0.6) is 11.5 Å². The summed E-state index contributed by atoms with van der Waals surface area (Å²) in [5.74, 6) is -3.52. The molecule has 0 saturated carbocycles. The molecule has 0 N–H and O–H groups in total. The van der Waals surface area contributed by atoms with Crippen LogP contribution in [0, 0.1) is 0 Å². The third kappa shape index (κ3) is 8.86. The fraction of sp³-hybridized carbons (Fsp3) is 0.333. The number of carbonyl (C=O) groups is 4. The summed E-state index contributed by atoms with van der Waals surface area (Å²) in [6.45, 7) is 4.19. The van der Waals surface area contributed by atoms with Crippen LogP contribution in [0.4, 0.5) is 0 Å². The van der Waals surface area contributed by atoms with Gasteiger partial charge in [-0.1, -0.05) is 51.0 Å². The van der Waals surface area contributed by atoms with Crippen LogP contribution in [0.25, 0.3) is 0 Å². The average molecular weight is 499 g/mol. The molecule has 180 valence electrons. The maximum atomic E-state index is 12.5. The summed E-state index contributed by atoms with van der Waals surface area (Å²) < 4.78 is 15.7. The van der Waals surface area contributed by atoms with Crippen molar-refractivity contribution in [2.24, 2.45) is 0 Å². The first-order valence-electron chi connectivity index (χ1n) is 10.3. The molecule has 0 unspecified atom stereocenters. The van der Waals surface area contributed by atoms with Crippen LogP contribution < -0.4 is 4.74 Å². The Hall–Kier alpha value is -2.90. The number of benzene rings is 2. The zero-order valence-corrected chi connectivity index (χ0v) is 20.2. The summed E-state index contributed by atoms with van der Waals surface area (Å²) >= 11 is 0. The lowest BCUT2D eigenvalue weighted by atomic mass is 10.1. The fourth-order valence-electron chi connectivity index (χ4n) is 2.57. The second kappa shape index (κ2) is 15.8. The Labute approximate surface area is 205 Å². The topological polar surface area (TPSA) is 96.0 Å². The Balaban J connectivity index is 0.00000512. The van der Waals surface area contributed by atoms with Gasteiger partial charge in [0.25, 0.3) is 11.6 Å². The fourth-order valence-corrected chi connectivity index (χ4v) is 2.57. The van der Waals surface area contributed by atoms with Crippen LogP contribution in [0.15, 0.2) is 48.5 Å². The van der Waals surface area contributed by atoms with Crippen molar-refractivity contribution in [3.63, 3.8) is 0 Å². The number of rotatable bonds is 12. The molecule has 2 aromatic carbocycles. The Morgan fingerprint density at radius 2 is 1.00 bits per heavy atom. The van der Waals surface area contributed by atoms with E-state index in [0.29, 0.717) is 12.8 Å². The molecule has 0 spiro atoms. The van der Waals surface area contributed by atoms with E-state index in [4.69, 9.17) is 14.2 Å². The van der Waals surface area contributed by atoms with Crippen LogP contribution in [0.2, 0.25) is 0 Å². The van der Waals surface area contributed by atoms with Gasteiger partial charge in [0.2, 0.25) is 0 Å². The second-order valence-electron chi connectivity index (χ2n) is 6.73. The highest BCUT2D eigenvalue weighted by Crippen LogP contribution is 2.29. The van der Waals surface area contributed by atoms with Crippen molar-refractivity contribution in [2.45, 2.75) is 39.5 Å². The third-order valence-corrected chi connectivity index (χ3v) is 4.32. The van der Waals surface area contributed by atoms with Crippen molar-refractivity contribution in [1.29, 1.82) is 0 Å². The van der Waals surface area contributed by atoms with Gasteiger partial charge in [0.15, 0.2) is 0 Å². The zero-order valence-electron chi connectivity index (χ0n) is 18.5. The van der Waals surface area contributed by atoms with Gasteiger partial charge in [0, 0.05) is 0 Å². The monoisotopic (exact) mass is 498 g/mol. The van der Waals surface area contributed by atoms with E-state index in [1.807, 2.05) is 13.8 Å². The maximum absolute atomic E-state index is 12.5. The quantitative estimate of drug-likeness (QED) is 0.168. The molecule has 0 aromatic heterocycles. The second-order valence-corrected chi connectivity index (χ2v) is 6.73. The summed E-state index contributed by atoms with van der Waals surface area (Å²) in [7, 11) is 0. The minimum Gasteiger partial charge on any atom is -0.460 e. The van der Waals surface area contributed by atoms with Gasteiger partial charge in [-0.3, -0.25) is 9.59 Å². The smallest absolute Gasteiger partial charge is 0.379 e. The predicted molar refractivity (Wildman–Crippen MR) is 128 cm³/mol. The lowest BCUT2D eigenvalue weighted by Crippen LogP contribution is -2.20. The standard InChI is InChI=1S/C24H26O7.2ClH/c1-3-5-15-29-23(27)21(25)17-11-7-9-13-19(17)31-20-14-10-8-12-18(20)22(26)24(28)30-16-6-4-2;;/h7-14H,3-6,15-16H2,1-2H3;2*1H. The Morgan fingerprint density at radius 3 is 1.36 bits per heavy atom. The summed E-state index contributed by atoms with van der Waals surface area (Å²) in [5.41, 5.74) is -0.00598. The van der Waals surface area contributed by atoms with E-state index in [1.54, 1.807) is 24.3 Å². The van der Waals surface area contributed by atoms with Gasteiger partial charge in [0.05, 0.1) is 24.3 Å². The number of ether oxygens (including phenoxy) is 3. The Bertz CT molecular complexity index is 868. The molecule has 0 saturated heterocycles. The van der Waals surface area contributed by atoms with Crippen molar-refractivity contribution >= 4 is 48.3 Å². The highest BCUT2D eigenvalue weighted by Gasteiger charge is 2.25. The molecule has 0 radical (unpaired) electrons. The number of unbranched alkanes of at least 4 members (excludes halogenated alkanes) is 2. The third-order valence-electron chi connectivity index (χ3n) is 4.32.